The monoisotopic (exact) mass is 464 g/mol. The zero-order valence-corrected chi connectivity index (χ0v) is 19.3. The molecule has 0 aliphatic carbocycles. The number of hydrogen-bond donors (Lipinski definition) is 1. The number of halogens is 1. The van der Waals surface area contributed by atoms with Gasteiger partial charge in [0.2, 0.25) is 0 Å². The van der Waals surface area contributed by atoms with Crippen LogP contribution < -0.4 is 4.74 Å². The molecule has 1 aliphatic rings. The van der Waals surface area contributed by atoms with Crippen molar-refractivity contribution in [3.05, 3.63) is 101 Å². The Labute approximate surface area is 200 Å². The predicted molar refractivity (Wildman–Crippen MR) is 131 cm³/mol. The van der Waals surface area contributed by atoms with Crippen molar-refractivity contribution in [1.29, 1.82) is 0 Å². The van der Waals surface area contributed by atoms with Gasteiger partial charge in [-0.25, -0.2) is 4.79 Å². The standard InChI is InChI=1S/C27H29ClN2O3/c28-24-12-10-22(11-13-24)26(21-6-2-1-3-7-21)30-17-15-29(16-18-30)14-5-19-33-25-9-4-8-23(20-25)27(31)32/h1-4,6-13,20,26H,5,14-19H2,(H,31,32). The third kappa shape index (κ3) is 6.35. The van der Waals surface area contributed by atoms with E-state index in [1.54, 1.807) is 24.3 Å². The van der Waals surface area contributed by atoms with Gasteiger partial charge in [-0.05, 0) is 47.9 Å². The van der Waals surface area contributed by atoms with Crippen molar-refractivity contribution in [3.63, 3.8) is 0 Å². The minimum absolute atomic E-state index is 0.218. The largest absolute Gasteiger partial charge is 0.494 e. The van der Waals surface area contributed by atoms with E-state index in [1.165, 1.54) is 11.1 Å². The van der Waals surface area contributed by atoms with Gasteiger partial charge in [-0.2, -0.15) is 0 Å². The molecule has 1 unspecified atom stereocenters. The van der Waals surface area contributed by atoms with Crippen molar-refractivity contribution in [3.8, 4) is 5.75 Å². The number of benzene rings is 3. The number of ether oxygens (including phenoxy) is 1. The van der Waals surface area contributed by atoms with Gasteiger partial charge in [0.25, 0.3) is 0 Å². The lowest BCUT2D eigenvalue weighted by molar-refractivity contribution is 0.0696. The molecule has 0 aromatic heterocycles. The van der Waals surface area contributed by atoms with Crippen molar-refractivity contribution in [2.24, 2.45) is 0 Å². The van der Waals surface area contributed by atoms with E-state index in [4.69, 9.17) is 21.4 Å². The fourth-order valence-electron chi connectivity index (χ4n) is 4.34. The topological polar surface area (TPSA) is 53.0 Å². The van der Waals surface area contributed by atoms with Crippen LogP contribution in [-0.4, -0.2) is 60.2 Å². The van der Waals surface area contributed by atoms with Crippen LogP contribution in [0.2, 0.25) is 5.02 Å². The summed E-state index contributed by atoms with van der Waals surface area (Å²) in [6, 6.07) is 25.7. The fourth-order valence-corrected chi connectivity index (χ4v) is 4.46. The molecule has 0 saturated carbocycles. The molecule has 1 atom stereocenters. The third-order valence-corrected chi connectivity index (χ3v) is 6.29. The van der Waals surface area contributed by atoms with E-state index in [2.05, 4.69) is 52.3 Å². The van der Waals surface area contributed by atoms with Gasteiger partial charge in [-0.15, -0.1) is 0 Å². The first kappa shape index (κ1) is 23.3. The number of rotatable bonds is 9. The molecule has 0 spiro atoms. The van der Waals surface area contributed by atoms with Crippen LogP contribution in [0.25, 0.3) is 0 Å². The van der Waals surface area contributed by atoms with Crippen LogP contribution in [-0.2, 0) is 0 Å². The molecule has 1 heterocycles. The van der Waals surface area contributed by atoms with E-state index in [9.17, 15) is 4.79 Å². The first-order chi connectivity index (χ1) is 16.1. The van der Waals surface area contributed by atoms with Crippen LogP contribution >= 0.6 is 11.6 Å². The quantitative estimate of drug-likeness (QED) is 0.440. The van der Waals surface area contributed by atoms with Crippen LogP contribution in [0, 0.1) is 0 Å². The number of piperazine rings is 1. The molecule has 5 nitrogen and oxygen atoms in total. The molecule has 0 bridgehead atoms. The minimum Gasteiger partial charge on any atom is -0.494 e. The molecule has 33 heavy (non-hydrogen) atoms. The maximum absolute atomic E-state index is 11.1. The number of carboxylic acid groups (broad SMARTS) is 1. The number of carboxylic acids is 1. The van der Waals surface area contributed by atoms with E-state index in [-0.39, 0.29) is 11.6 Å². The van der Waals surface area contributed by atoms with Gasteiger partial charge in [0.05, 0.1) is 18.2 Å². The van der Waals surface area contributed by atoms with E-state index in [1.807, 2.05) is 12.1 Å². The first-order valence-electron chi connectivity index (χ1n) is 11.3. The zero-order chi connectivity index (χ0) is 23.0. The fraction of sp³-hybridized carbons (Fsp3) is 0.296. The van der Waals surface area contributed by atoms with Crippen molar-refractivity contribution in [1.82, 2.24) is 9.80 Å². The summed E-state index contributed by atoms with van der Waals surface area (Å²) in [6.07, 6.45) is 0.899. The average molecular weight is 465 g/mol. The summed E-state index contributed by atoms with van der Waals surface area (Å²) in [5.41, 5.74) is 2.80. The van der Waals surface area contributed by atoms with E-state index in [0.29, 0.717) is 12.4 Å². The molecule has 3 aromatic rings. The maximum atomic E-state index is 11.1. The van der Waals surface area contributed by atoms with Gasteiger partial charge in [0, 0.05) is 37.7 Å². The number of nitrogens with zero attached hydrogens (tertiary/aromatic N) is 2. The van der Waals surface area contributed by atoms with Crippen molar-refractivity contribution in [2.45, 2.75) is 12.5 Å². The summed E-state index contributed by atoms with van der Waals surface area (Å²) in [4.78, 5) is 16.1. The SMILES string of the molecule is O=C(O)c1cccc(OCCCN2CCN(C(c3ccccc3)c3ccc(Cl)cc3)CC2)c1. The lowest BCUT2D eigenvalue weighted by atomic mass is 9.96. The molecule has 0 radical (unpaired) electrons. The molecule has 6 heteroatoms. The second-order valence-corrected chi connectivity index (χ2v) is 8.71. The van der Waals surface area contributed by atoms with Crippen LogP contribution in [0.4, 0.5) is 0 Å². The highest BCUT2D eigenvalue weighted by Crippen LogP contribution is 2.30. The van der Waals surface area contributed by atoms with Crippen LogP contribution in [0.1, 0.15) is 33.9 Å². The van der Waals surface area contributed by atoms with E-state index >= 15 is 0 Å². The molecule has 1 saturated heterocycles. The summed E-state index contributed by atoms with van der Waals surface area (Å²) in [5.74, 6) is -0.334. The number of hydrogen-bond acceptors (Lipinski definition) is 4. The summed E-state index contributed by atoms with van der Waals surface area (Å²) in [6.45, 7) is 5.52. The minimum atomic E-state index is -0.939. The van der Waals surface area contributed by atoms with Crippen molar-refractivity contribution >= 4 is 17.6 Å². The Bertz CT molecular complexity index is 1030. The molecule has 0 amide bonds. The number of aromatic carboxylic acids is 1. The number of carbonyl (C=O) groups is 1. The Morgan fingerprint density at radius 2 is 1.61 bits per heavy atom. The molecular formula is C27H29ClN2O3. The van der Waals surface area contributed by atoms with E-state index in [0.717, 1.165) is 44.2 Å². The van der Waals surface area contributed by atoms with Crippen molar-refractivity contribution < 1.29 is 14.6 Å². The highest BCUT2D eigenvalue weighted by Gasteiger charge is 2.26. The van der Waals surface area contributed by atoms with Crippen LogP contribution in [0.15, 0.2) is 78.9 Å². The highest BCUT2D eigenvalue weighted by molar-refractivity contribution is 6.30. The van der Waals surface area contributed by atoms with Gasteiger partial charge < -0.3 is 14.7 Å². The normalized spacial score (nSPS) is 15.8. The van der Waals surface area contributed by atoms with Crippen LogP contribution in [0.5, 0.6) is 5.75 Å². The van der Waals surface area contributed by atoms with Crippen LogP contribution in [0.3, 0.4) is 0 Å². The second-order valence-electron chi connectivity index (χ2n) is 8.28. The smallest absolute Gasteiger partial charge is 0.335 e. The molecule has 3 aromatic carbocycles. The second kappa shape index (κ2) is 11.3. The van der Waals surface area contributed by atoms with Gasteiger partial charge in [-0.1, -0.05) is 60.1 Å². The van der Waals surface area contributed by atoms with Gasteiger partial charge in [0.1, 0.15) is 5.75 Å². The maximum Gasteiger partial charge on any atom is 0.335 e. The molecule has 1 fully saturated rings. The Hall–Kier alpha value is -2.86. The lowest BCUT2D eigenvalue weighted by Crippen LogP contribution is -2.48. The van der Waals surface area contributed by atoms with Gasteiger partial charge in [0.15, 0.2) is 0 Å². The molecule has 172 valence electrons. The molecule has 4 rings (SSSR count). The Kier molecular flexibility index (Phi) is 8.00. The molecule has 1 aliphatic heterocycles. The molecule has 1 N–H and O–H groups in total. The summed E-state index contributed by atoms with van der Waals surface area (Å²) >= 11 is 6.13. The summed E-state index contributed by atoms with van der Waals surface area (Å²) in [7, 11) is 0. The zero-order valence-electron chi connectivity index (χ0n) is 18.6. The third-order valence-electron chi connectivity index (χ3n) is 6.04. The highest BCUT2D eigenvalue weighted by atomic mass is 35.5. The van der Waals surface area contributed by atoms with E-state index < -0.39 is 5.97 Å². The average Bonchev–Trinajstić information content (AvgIpc) is 2.85. The Morgan fingerprint density at radius 1 is 0.909 bits per heavy atom. The van der Waals surface area contributed by atoms with Crippen molar-refractivity contribution in [2.75, 3.05) is 39.3 Å². The Morgan fingerprint density at radius 3 is 2.30 bits per heavy atom. The summed E-state index contributed by atoms with van der Waals surface area (Å²) in [5, 5.41) is 9.85. The lowest BCUT2D eigenvalue weighted by Gasteiger charge is -2.39. The molecular weight excluding hydrogens is 436 g/mol. The Balaban J connectivity index is 1.29. The predicted octanol–water partition coefficient (Wildman–Crippen LogP) is 5.21. The van der Waals surface area contributed by atoms with Gasteiger partial charge in [-0.3, -0.25) is 4.90 Å². The summed E-state index contributed by atoms with van der Waals surface area (Å²) < 4.78 is 5.76. The first-order valence-corrected chi connectivity index (χ1v) is 11.7. The van der Waals surface area contributed by atoms with Gasteiger partial charge >= 0.3 is 5.97 Å².